The highest BCUT2D eigenvalue weighted by molar-refractivity contribution is 8.01. The van der Waals surface area contributed by atoms with Gasteiger partial charge in [0, 0.05) is 17.0 Å². The number of halogens is 1. The van der Waals surface area contributed by atoms with E-state index in [0.29, 0.717) is 16.9 Å². The van der Waals surface area contributed by atoms with Crippen LogP contribution < -0.4 is 5.32 Å². The minimum atomic E-state index is -0.213. The SMILES string of the molecule is O=C1Nc2ccccc2C1=CSCc1ccccc1F. The molecule has 0 spiro atoms. The normalized spacial score (nSPS) is 15.2. The van der Waals surface area contributed by atoms with E-state index in [4.69, 9.17) is 0 Å². The number of anilines is 1. The Kier molecular flexibility index (Phi) is 3.56. The molecule has 0 saturated carbocycles. The highest BCUT2D eigenvalue weighted by atomic mass is 32.2. The molecule has 0 fully saturated rings. The fourth-order valence-electron chi connectivity index (χ4n) is 2.09. The molecule has 1 amide bonds. The first-order valence-corrected chi connectivity index (χ1v) is 7.26. The summed E-state index contributed by atoms with van der Waals surface area (Å²) in [6, 6.07) is 14.2. The second-order valence-electron chi connectivity index (χ2n) is 4.43. The van der Waals surface area contributed by atoms with E-state index in [9.17, 15) is 9.18 Å². The summed E-state index contributed by atoms with van der Waals surface area (Å²) in [5.74, 6) is 0.188. The van der Waals surface area contributed by atoms with Gasteiger partial charge in [-0.2, -0.15) is 0 Å². The van der Waals surface area contributed by atoms with Gasteiger partial charge in [0.1, 0.15) is 5.82 Å². The lowest BCUT2D eigenvalue weighted by atomic mass is 10.1. The number of rotatable bonds is 3. The molecular formula is C16H12FNOS. The zero-order valence-electron chi connectivity index (χ0n) is 10.6. The van der Waals surface area contributed by atoms with E-state index in [1.54, 1.807) is 17.5 Å². The van der Waals surface area contributed by atoms with Crippen molar-refractivity contribution < 1.29 is 9.18 Å². The van der Waals surface area contributed by atoms with Gasteiger partial charge in [-0.15, -0.1) is 11.8 Å². The van der Waals surface area contributed by atoms with Crippen molar-refractivity contribution in [1.29, 1.82) is 0 Å². The summed E-state index contributed by atoms with van der Waals surface area (Å²) in [4.78, 5) is 11.9. The largest absolute Gasteiger partial charge is 0.321 e. The van der Waals surface area contributed by atoms with Crippen molar-refractivity contribution in [2.24, 2.45) is 0 Å². The van der Waals surface area contributed by atoms with Crippen molar-refractivity contribution in [3.63, 3.8) is 0 Å². The molecule has 0 unspecified atom stereocenters. The Morgan fingerprint density at radius 2 is 1.85 bits per heavy atom. The molecule has 20 heavy (non-hydrogen) atoms. The molecule has 1 aliphatic heterocycles. The Labute approximate surface area is 120 Å². The van der Waals surface area contributed by atoms with Crippen LogP contribution in [0.5, 0.6) is 0 Å². The Morgan fingerprint density at radius 3 is 2.70 bits per heavy atom. The smallest absolute Gasteiger partial charge is 0.256 e. The van der Waals surface area contributed by atoms with Gasteiger partial charge in [0.15, 0.2) is 0 Å². The first kappa shape index (κ1) is 12.9. The summed E-state index contributed by atoms with van der Waals surface area (Å²) in [7, 11) is 0. The zero-order chi connectivity index (χ0) is 13.9. The maximum absolute atomic E-state index is 13.5. The van der Waals surface area contributed by atoms with Gasteiger partial charge in [0.05, 0.1) is 5.57 Å². The van der Waals surface area contributed by atoms with E-state index < -0.39 is 0 Å². The third kappa shape index (κ3) is 2.47. The van der Waals surface area contributed by atoms with Crippen molar-refractivity contribution in [2.45, 2.75) is 5.75 Å². The number of carbonyl (C=O) groups excluding carboxylic acids is 1. The second-order valence-corrected chi connectivity index (χ2v) is 5.29. The molecule has 1 heterocycles. The molecule has 0 atom stereocenters. The predicted octanol–water partition coefficient (Wildman–Crippen LogP) is 4.05. The van der Waals surface area contributed by atoms with Crippen LogP contribution in [0.15, 0.2) is 53.9 Å². The summed E-state index contributed by atoms with van der Waals surface area (Å²) >= 11 is 1.42. The molecule has 100 valence electrons. The summed E-state index contributed by atoms with van der Waals surface area (Å²) in [5, 5.41) is 4.61. The number of benzene rings is 2. The highest BCUT2D eigenvalue weighted by Crippen LogP contribution is 2.33. The molecule has 3 rings (SSSR count). The maximum Gasteiger partial charge on any atom is 0.256 e. The van der Waals surface area contributed by atoms with Crippen molar-refractivity contribution in [1.82, 2.24) is 0 Å². The fourth-order valence-corrected chi connectivity index (χ4v) is 2.98. The van der Waals surface area contributed by atoms with E-state index >= 15 is 0 Å². The van der Waals surface area contributed by atoms with E-state index in [0.717, 1.165) is 11.3 Å². The summed E-state index contributed by atoms with van der Waals surface area (Å²) in [5.41, 5.74) is 3.01. The van der Waals surface area contributed by atoms with E-state index in [-0.39, 0.29) is 11.7 Å². The molecule has 0 bridgehead atoms. The molecule has 1 N–H and O–H groups in total. The van der Waals surface area contributed by atoms with Crippen LogP contribution in [-0.4, -0.2) is 5.91 Å². The summed E-state index contributed by atoms with van der Waals surface area (Å²) < 4.78 is 13.5. The molecule has 4 heteroatoms. The lowest BCUT2D eigenvalue weighted by Gasteiger charge is -2.01. The zero-order valence-corrected chi connectivity index (χ0v) is 11.4. The number of fused-ring (bicyclic) bond motifs is 1. The van der Waals surface area contributed by atoms with Crippen LogP contribution in [0.25, 0.3) is 5.57 Å². The third-order valence-electron chi connectivity index (χ3n) is 3.11. The van der Waals surface area contributed by atoms with Crippen LogP contribution in [0.2, 0.25) is 0 Å². The monoisotopic (exact) mass is 285 g/mol. The van der Waals surface area contributed by atoms with Crippen LogP contribution in [0.3, 0.4) is 0 Å². The highest BCUT2D eigenvalue weighted by Gasteiger charge is 2.22. The minimum absolute atomic E-state index is 0.104. The maximum atomic E-state index is 13.5. The minimum Gasteiger partial charge on any atom is -0.321 e. The summed E-state index contributed by atoms with van der Waals surface area (Å²) in [6.07, 6.45) is 0. The number of hydrogen-bond donors (Lipinski definition) is 1. The lowest BCUT2D eigenvalue weighted by Crippen LogP contribution is -2.03. The molecule has 0 aliphatic carbocycles. The number of hydrogen-bond acceptors (Lipinski definition) is 2. The Bertz CT molecular complexity index is 696. The fraction of sp³-hybridized carbons (Fsp3) is 0.0625. The van der Waals surface area contributed by atoms with Gasteiger partial charge in [-0.3, -0.25) is 4.79 Å². The van der Waals surface area contributed by atoms with Gasteiger partial charge >= 0.3 is 0 Å². The second kappa shape index (κ2) is 5.51. The topological polar surface area (TPSA) is 29.1 Å². The van der Waals surface area contributed by atoms with Gasteiger partial charge in [-0.1, -0.05) is 36.4 Å². The van der Waals surface area contributed by atoms with Crippen LogP contribution in [0.1, 0.15) is 11.1 Å². The standard InChI is InChI=1S/C16H12FNOS/c17-14-7-3-1-5-11(14)9-20-10-13-12-6-2-4-8-15(12)18-16(13)19/h1-8,10H,9H2,(H,18,19). The quantitative estimate of drug-likeness (QED) is 0.862. The molecule has 0 saturated heterocycles. The van der Waals surface area contributed by atoms with E-state index in [1.165, 1.54) is 17.8 Å². The molecule has 2 aromatic carbocycles. The molecule has 0 aromatic heterocycles. The first-order chi connectivity index (χ1) is 9.75. The average molecular weight is 285 g/mol. The molecule has 2 aromatic rings. The number of amides is 1. The van der Waals surface area contributed by atoms with Crippen LogP contribution in [-0.2, 0) is 10.5 Å². The van der Waals surface area contributed by atoms with Crippen LogP contribution in [0.4, 0.5) is 10.1 Å². The van der Waals surface area contributed by atoms with Gasteiger partial charge in [-0.05, 0) is 23.1 Å². The predicted molar refractivity (Wildman–Crippen MR) is 80.7 cm³/mol. The van der Waals surface area contributed by atoms with Gasteiger partial charge in [0.25, 0.3) is 5.91 Å². The van der Waals surface area contributed by atoms with Crippen molar-refractivity contribution in [3.8, 4) is 0 Å². The number of thioether (sulfide) groups is 1. The Morgan fingerprint density at radius 1 is 1.10 bits per heavy atom. The van der Waals surface area contributed by atoms with Crippen molar-refractivity contribution in [2.75, 3.05) is 5.32 Å². The first-order valence-electron chi connectivity index (χ1n) is 6.21. The molecule has 0 radical (unpaired) electrons. The number of carbonyl (C=O) groups is 1. The molecule has 1 aliphatic rings. The Balaban J connectivity index is 1.77. The van der Waals surface area contributed by atoms with E-state index in [2.05, 4.69) is 5.32 Å². The van der Waals surface area contributed by atoms with Crippen molar-refractivity contribution >= 4 is 28.9 Å². The lowest BCUT2D eigenvalue weighted by molar-refractivity contribution is -0.110. The van der Waals surface area contributed by atoms with Gasteiger partial charge in [-0.25, -0.2) is 4.39 Å². The van der Waals surface area contributed by atoms with Crippen LogP contribution in [0, 0.1) is 5.82 Å². The van der Waals surface area contributed by atoms with Crippen molar-refractivity contribution in [3.05, 3.63) is 70.9 Å². The number of para-hydroxylation sites is 1. The Hall–Kier alpha value is -2.07. The number of nitrogens with one attached hydrogen (secondary N) is 1. The van der Waals surface area contributed by atoms with Gasteiger partial charge in [0.2, 0.25) is 0 Å². The molecule has 2 nitrogen and oxygen atoms in total. The summed E-state index contributed by atoms with van der Waals surface area (Å²) in [6.45, 7) is 0. The van der Waals surface area contributed by atoms with Crippen LogP contribution >= 0.6 is 11.8 Å². The van der Waals surface area contributed by atoms with Gasteiger partial charge < -0.3 is 5.32 Å². The third-order valence-corrected chi connectivity index (χ3v) is 3.99. The van der Waals surface area contributed by atoms with E-state index in [1.807, 2.05) is 30.3 Å². The average Bonchev–Trinajstić information content (AvgIpc) is 2.77. The molecular weight excluding hydrogens is 273 g/mol.